The number of aromatic nitrogens is 1. The first-order chi connectivity index (χ1) is 9.69. The molecule has 0 bridgehead atoms. The van der Waals surface area contributed by atoms with Gasteiger partial charge in [0.2, 0.25) is 5.88 Å². The molecule has 2 N–H and O–H groups in total. The zero-order chi connectivity index (χ0) is 14.4. The number of hydrogen-bond acceptors (Lipinski definition) is 4. The van der Waals surface area contributed by atoms with E-state index in [2.05, 4.69) is 4.98 Å². The van der Waals surface area contributed by atoms with Crippen molar-refractivity contribution >= 4 is 12.0 Å². The number of carbonyl (C=O) groups is 1. The lowest BCUT2D eigenvalue weighted by atomic mass is 10.2. The van der Waals surface area contributed by atoms with Crippen molar-refractivity contribution in [3.05, 3.63) is 59.8 Å². The van der Waals surface area contributed by atoms with E-state index in [9.17, 15) is 9.90 Å². The molecule has 0 saturated carbocycles. The average molecular weight is 271 g/mol. The Balaban J connectivity index is 2.13. The molecule has 0 fully saturated rings. The Hall–Kier alpha value is -2.66. The van der Waals surface area contributed by atoms with Gasteiger partial charge in [-0.25, -0.2) is 9.78 Å². The summed E-state index contributed by atoms with van der Waals surface area (Å²) in [5, 5.41) is 17.7. The molecule has 0 atom stereocenters. The van der Waals surface area contributed by atoms with Gasteiger partial charge in [-0.2, -0.15) is 0 Å². The van der Waals surface area contributed by atoms with Crippen LogP contribution in [0.5, 0.6) is 11.6 Å². The topological polar surface area (TPSA) is 79.7 Å². The highest BCUT2D eigenvalue weighted by atomic mass is 16.5. The fourth-order valence-electron chi connectivity index (χ4n) is 1.56. The smallest absolute Gasteiger partial charge is 0.328 e. The van der Waals surface area contributed by atoms with Crippen molar-refractivity contribution in [2.24, 2.45) is 0 Å². The normalized spacial score (nSPS) is 10.7. The number of rotatable bonds is 5. The standard InChI is InChI=1S/C15H13NO4/c17-10-12-3-1-2-4-13(12)20-14-7-5-11(9-16-14)6-8-15(18)19/h1-9,17H,10H2,(H,18,19)/b8-6+. The van der Waals surface area contributed by atoms with Crippen molar-refractivity contribution in [3.63, 3.8) is 0 Å². The number of ether oxygens (including phenoxy) is 1. The summed E-state index contributed by atoms with van der Waals surface area (Å²) in [6.45, 7) is -0.115. The molecule has 0 aliphatic heterocycles. The lowest BCUT2D eigenvalue weighted by Gasteiger charge is -2.08. The molecule has 0 unspecified atom stereocenters. The molecule has 0 saturated heterocycles. The Kier molecular flexibility index (Phi) is 4.47. The Labute approximate surface area is 115 Å². The fraction of sp³-hybridized carbons (Fsp3) is 0.0667. The quantitative estimate of drug-likeness (QED) is 0.816. The number of nitrogens with zero attached hydrogens (tertiary/aromatic N) is 1. The minimum atomic E-state index is -1.01. The van der Waals surface area contributed by atoms with Gasteiger partial charge < -0.3 is 14.9 Å². The molecule has 102 valence electrons. The van der Waals surface area contributed by atoms with Crippen molar-refractivity contribution < 1.29 is 19.7 Å². The van der Waals surface area contributed by atoms with Crippen molar-refractivity contribution in [1.82, 2.24) is 4.98 Å². The number of pyridine rings is 1. The lowest BCUT2D eigenvalue weighted by molar-refractivity contribution is -0.131. The highest BCUT2D eigenvalue weighted by Crippen LogP contribution is 2.23. The first-order valence-corrected chi connectivity index (χ1v) is 5.92. The van der Waals surface area contributed by atoms with Crippen LogP contribution in [-0.4, -0.2) is 21.2 Å². The summed E-state index contributed by atoms with van der Waals surface area (Å²) < 4.78 is 5.57. The molecule has 2 rings (SSSR count). The van der Waals surface area contributed by atoms with Gasteiger partial charge in [0.15, 0.2) is 0 Å². The van der Waals surface area contributed by atoms with Crippen LogP contribution >= 0.6 is 0 Å². The number of hydrogen-bond donors (Lipinski definition) is 2. The van der Waals surface area contributed by atoms with E-state index in [-0.39, 0.29) is 6.61 Å². The molecule has 20 heavy (non-hydrogen) atoms. The summed E-state index contributed by atoms with van der Waals surface area (Å²) in [6, 6.07) is 10.5. The Morgan fingerprint density at radius 1 is 1.25 bits per heavy atom. The maximum Gasteiger partial charge on any atom is 0.328 e. The Morgan fingerprint density at radius 3 is 2.70 bits per heavy atom. The maximum atomic E-state index is 10.4. The Morgan fingerprint density at radius 2 is 2.05 bits per heavy atom. The van der Waals surface area contributed by atoms with Crippen LogP contribution in [0.15, 0.2) is 48.7 Å². The van der Waals surface area contributed by atoms with Crippen LogP contribution in [0.25, 0.3) is 6.08 Å². The zero-order valence-electron chi connectivity index (χ0n) is 10.6. The monoisotopic (exact) mass is 271 g/mol. The van der Waals surface area contributed by atoms with Crippen LogP contribution < -0.4 is 4.74 Å². The predicted molar refractivity (Wildman–Crippen MR) is 73.3 cm³/mol. The van der Waals surface area contributed by atoms with E-state index in [1.165, 1.54) is 12.3 Å². The highest BCUT2D eigenvalue weighted by molar-refractivity contribution is 5.85. The summed E-state index contributed by atoms with van der Waals surface area (Å²) in [5.41, 5.74) is 1.33. The van der Waals surface area contributed by atoms with Gasteiger partial charge in [-0.15, -0.1) is 0 Å². The second-order valence-electron chi connectivity index (χ2n) is 3.97. The molecule has 1 heterocycles. The van der Waals surface area contributed by atoms with E-state index in [1.807, 2.05) is 6.07 Å². The van der Waals surface area contributed by atoms with E-state index in [0.29, 0.717) is 22.8 Å². The van der Waals surface area contributed by atoms with Gasteiger partial charge in [0, 0.05) is 23.9 Å². The summed E-state index contributed by atoms with van der Waals surface area (Å²) in [6.07, 6.45) is 4.00. The first-order valence-electron chi connectivity index (χ1n) is 5.92. The van der Waals surface area contributed by atoms with Gasteiger partial charge >= 0.3 is 5.97 Å². The van der Waals surface area contributed by atoms with Crippen molar-refractivity contribution in [2.75, 3.05) is 0 Å². The molecule has 2 aromatic rings. The number of aliphatic carboxylic acids is 1. The molecule has 0 radical (unpaired) electrons. The fourth-order valence-corrected chi connectivity index (χ4v) is 1.56. The third-order valence-corrected chi connectivity index (χ3v) is 2.54. The molecular weight excluding hydrogens is 258 g/mol. The van der Waals surface area contributed by atoms with Gasteiger partial charge in [-0.1, -0.05) is 18.2 Å². The SMILES string of the molecule is O=C(O)/C=C/c1ccc(Oc2ccccc2CO)nc1. The van der Waals surface area contributed by atoms with E-state index >= 15 is 0 Å². The van der Waals surface area contributed by atoms with Gasteiger partial charge in [-0.3, -0.25) is 0 Å². The highest BCUT2D eigenvalue weighted by Gasteiger charge is 2.03. The maximum absolute atomic E-state index is 10.4. The predicted octanol–water partition coefficient (Wildman–Crippen LogP) is 2.46. The van der Waals surface area contributed by atoms with Gasteiger partial charge in [0.1, 0.15) is 5.75 Å². The van der Waals surface area contributed by atoms with Crippen LogP contribution in [0.4, 0.5) is 0 Å². The van der Waals surface area contributed by atoms with Crippen LogP contribution in [0.1, 0.15) is 11.1 Å². The number of para-hydroxylation sites is 1. The molecular formula is C15H13NO4. The molecule has 5 heteroatoms. The number of benzene rings is 1. The Bertz CT molecular complexity index is 620. The van der Waals surface area contributed by atoms with E-state index in [1.54, 1.807) is 30.3 Å². The first kappa shape index (κ1) is 13.8. The van der Waals surface area contributed by atoms with Crippen molar-refractivity contribution in [2.45, 2.75) is 6.61 Å². The van der Waals surface area contributed by atoms with Crippen LogP contribution in [-0.2, 0) is 11.4 Å². The summed E-state index contributed by atoms with van der Waals surface area (Å²) in [7, 11) is 0. The second kappa shape index (κ2) is 6.49. The summed E-state index contributed by atoms with van der Waals surface area (Å²) in [4.78, 5) is 14.5. The van der Waals surface area contributed by atoms with Gasteiger partial charge in [0.25, 0.3) is 0 Å². The van der Waals surface area contributed by atoms with Gasteiger partial charge in [-0.05, 0) is 23.8 Å². The van der Waals surface area contributed by atoms with Gasteiger partial charge in [0.05, 0.1) is 6.61 Å². The second-order valence-corrected chi connectivity index (χ2v) is 3.97. The minimum absolute atomic E-state index is 0.115. The van der Waals surface area contributed by atoms with Crippen LogP contribution in [0, 0.1) is 0 Å². The largest absolute Gasteiger partial charge is 0.478 e. The zero-order valence-corrected chi connectivity index (χ0v) is 10.6. The van der Waals surface area contributed by atoms with Crippen molar-refractivity contribution in [1.29, 1.82) is 0 Å². The average Bonchev–Trinajstić information content (AvgIpc) is 2.47. The minimum Gasteiger partial charge on any atom is -0.478 e. The molecule has 0 spiro atoms. The number of aliphatic hydroxyl groups excluding tert-OH is 1. The molecule has 5 nitrogen and oxygen atoms in total. The molecule has 0 amide bonds. The summed E-state index contributed by atoms with van der Waals surface area (Å²) in [5.74, 6) is -0.100. The summed E-state index contributed by atoms with van der Waals surface area (Å²) >= 11 is 0. The molecule has 0 aliphatic rings. The molecule has 1 aromatic heterocycles. The lowest BCUT2D eigenvalue weighted by Crippen LogP contribution is -1.93. The third kappa shape index (κ3) is 3.66. The number of aliphatic hydroxyl groups is 1. The van der Waals surface area contributed by atoms with E-state index < -0.39 is 5.97 Å². The van der Waals surface area contributed by atoms with Crippen molar-refractivity contribution in [3.8, 4) is 11.6 Å². The number of carboxylic acid groups (broad SMARTS) is 1. The van der Waals surface area contributed by atoms with Crippen LogP contribution in [0.2, 0.25) is 0 Å². The van der Waals surface area contributed by atoms with Crippen LogP contribution in [0.3, 0.4) is 0 Å². The molecule has 0 aliphatic carbocycles. The molecule has 1 aromatic carbocycles. The third-order valence-electron chi connectivity index (χ3n) is 2.54. The van der Waals surface area contributed by atoms with E-state index in [0.717, 1.165) is 6.08 Å². The van der Waals surface area contributed by atoms with E-state index in [4.69, 9.17) is 9.84 Å². The number of carboxylic acids is 1.